The van der Waals surface area contributed by atoms with Crippen LogP contribution in [0.5, 0.6) is 0 Å². The Bertz CT molecular complexity index is 1080. The maximum Gasteiger partial charge on any atom is 0.416 e. The number of urea groups is 1. The number of hydrogen-bond acceptors (Lipinski definition) is 4. The van der Waals surface area contributed by atoms with Crippen molar-refractivity contribution in [2.24, 2.45) is 0 Å². The van der Waals surface area contributed by atoms with E-state index in [9.17, 15) is 26.4 Å². The molecule has 0 radical (unpaired) electrons. The Morgan fingerprint density at radius 2 is 1.62 bits per heavy atom. The standard InChI is InChI=1S/C23H29F3N4O3S/c1-3-30(4-2)34(32,33)21-10-8-18(9-11-21)17-27-22(31)29-14-12-28(13-15-29)20-7-5-6-19(16-20)23(24,25)26/h5-11,16H,3-4,12-15,17H2,1-2H3,(H,27,31). The minimum atomic E-state index is -4.40. The summed E-state index contributed by atoms with van der Waals surface area (Å²) in [5.41, 5.74) is 0.546. The molecule has 1 N–H and O–H groups in total. The summed E-state index contributed by atoms with van der Waals surface area (Å²) in [4.78, 5) is 16.2. The predicted molar refractivity (Wildman–Crippen MR) is 124 cm³/mol. The third kappa shape index (κ3) is 6.01. The highest BCUT2D eigenvalue weighted by molar-refractivity contribution is 7.89. The van der Waals surface area contributed by atoms with Gasteiger partial charge in [0, 0.05) is 51.5 Å². The Balaban J connectivity index is 1.52. The Kier molecular flexibility index (Phi) is 8.09. The summed E-state index contributed by atoms with van der Waals surface area (Å²) in [5, 5.41) is 2.82. The van der Waals surface area contributed by atoms with Crippen LogP contribution >= 0.6 is 0 Å². The Morgan fingerprint density at radius 3 is 2.18 bits per heavy atom. The Labute approximate surface area is 198 Å². The smallest absolute Gasteiger partial charge is 0.368 e. The largest absolute Gasteiger partial charge is 0.416 e. The minimum absolute atomic E-state index is 0.206. The third-order valence-corrected chi connectivity index (χ3v) is 7.88. The molecule has 1 heterocycles. The van der Waals surface area contributed by atoms with E-state index in [1.807, 2.05) is 4.90 Å². The molecule has 0 atom stereocenters. The average molecular weight is 499 g/mol. The average Bonchev–Trinajstić information content (AvgIpc) is 2.83. The molecule has 11 heteroatoms. The highest BCUT2D eigenvalue weighted by Crippen LogP contribution is 2.31. The van der Waals surface area contributed by atoms with E-state index in [1.165, 1.54) is 22.5 Å². The van der Waals surface area contributed by atoms with E-state index < -0.39 is 21.8 Å². The first-order valence-corrected chi connectivity index (χ1v) is 12.5. The summed E-state index contributed by atoms with van der Waals surface area (Å²) in [5.74, 6) is 0. The van der Waals surface area contributed by atoms with Crippen LogP contribution in [0.25, 0.3) is 0 Å². The monoisotopic (exact) mass is 498 g/mol. The summed E-state index contributed by atoms with van der Waals surface area (Å²) in [6.07, 6.45) is -4.40. The number of amides is 2. The van der Waals surface area contributed by atoms with Crippen LogP contribution < -0.4 is 10.2 Å². The second-order valence-corrected chi connectivity index (χ2v) is 9.85. The van der Waals surface area contributed by atoms with Crippen molar-refractivity contribution in [3.63, 3.8) is 0 Å². The highest BCUT2D eigenvalue weighted by atomic mass is 32.2. The summed E-state index contributed by atoms with van der Waals surface area (Å²) in [6.45, 7) is 6.17. The lowest BCUT2D eigenvalue weighted by Crippen LogP contribution is -2.51. The third-order valence-electron chi connectivity index (χ3n) is 5.82. The normalized spacial score (nSPS) is 15.0. The van der Waals surface area contributed by atoms with Crippen LogP contribution in [-0.2, 0) is 22.7 Å². The molecular weight excluding hydrogens is 469 g/mol. The van der Waals surface area contributed by atoms with Crippen molar-refractivity contribution >= 4 is 21.7 Å². The lowest BCUT2D eigenvalue weighted by atomic mass is 10.1. The van der Waals surface area contributed by atoms with Crippen molar-refractivity contribution in [2.75, 3.05) is 44.2 Å². The maximum atomic E-state index is 13.0. The molecule has 3 rings (SSSR count). The first-order valence-electron chi connectivity index (χ1n) is 11.1. The lowest BCUT2D eigenvalue weighted by Gasteiger charge is -2.36. The molecule has 7 nitrogen and oxygen atoms in total. The minimum Gasteiger partial charge on any atom is -0.368 e. The molecule has 1 aliphatic heterocycles. The number of halogens is 3. The first-order chi connectivity index (χ1) is 16.1. The van der Waals surface area contributed by atoms with Gasteiger partial charge in [0.25, 0.3) is 0 Å². The number of carbonyl (C=O) groups is 1. The molecule has 2 aromatic carbocycles. The molecule has 0 aliphatic carbocycles. The molecule has 0 aromatic heterocycles. The molecule has 1 saturated heterocycles. The number of sulfonamides is 1. The maximum absolute atomic E-state index is 13.0. The van der Waals surface area contributed by atoms with Gasteiger partial charge < -0.3 is 15.1 Å². The van der Waals surface area contributed by atoms with Gasteiger partial charge in [-0.15, -0.1) is 0 Å². The van der Waals surface area contributed by atoms with E-state index >= 15 is 0 Å². The Hall–Kier alpha value is -2.79. The Morgan fingerprint density at radius 1 is 1.00 bits per heavy atom. The molecule has 2 aromatic rings. The van der Waals surface area contributed by atoms with Gasteiger partial charge in [-0.3, -0.25) is 0 Å². The number of anilines is 1. The summed E-state index contributed by atoms with van der Waals surface area (Å²) in [6, 6.07) is 11.3. The zero-order chi connectivity index (χ0) is 24.9. The van der Waals surface area contributed by atoms with Gasteiger partial charge >= 0.3 is 12.2 Å². The van der Waals surface area contributed by atoms with E-state index in [0.29, 0.717) is 45.0 Å². The van der Waals surface area contributed by atoms with Gasteiger partial charge in [-0.25, -0.2) is 13.2 Å². The van der Waals surface area contributed by atoms with Crippen LogP contribution in [0.3, 0.4) is 0 Å². The number of carbonyl (C=O) groups excluding carboxylic acids is 1. The van der Waals surface area contributed by atoms with E-state index in [4.69, 9.17) is 0 Å². The van der Waals surface area contributed by atoms with Gasteiger partial charge in [-0.1, -0.05) is 32.0 Å². The van der Waals surface area contributed by atoms with Gasteiger partial charge in [-0.2, -0.15) is 17.5 Å². The first kappa shape index (κ1) is 25.8. The molecule has 1 aliphatic rings. The quantitative estimate of drug-likeness (QED) is 0.631. The predicted octanol–water partition coefficient (Wildman–Crippen LogP) is 3.77. The SMILES string of the molecule is CCN(CC)S(=O)(=O)c1ccc(CNC(=O)N2CCN(c3cccc(C(F)(F)F)c3)CC2)cc1. The zero-order valence-electron chi connectivity index (χ0n) is 19.2. The lowest BCUT2D eigenvalue weighted by molar-refractivity contribution is -0.137. The molecule has 1 fully saturated rings. The van der Waals surface area contributed by atoms with Crippen LogP contribution in [0.2, 0.25) is 0 Å². The molecule has 0 bridgehead atoms. The van der Waals surface area contributed by atoms with Crippen molar-refractivity contribution in [1.82, 2.24) is 14.5 Å². The highest BCUT2D eigenvalue weighted by Gasteiger charge is 2.31. The topological polar surface area (TPSA) is 73.0 Å². The van der Waals surface area contributed by atoms with Gasteiger partial charge in [0.15, 0.2) is 0 Å². The fourth-order valence-electron chi connectivity index (χ4n) is 3.83. The second-order valence-electron chi connectivity index (χ2n) is 7.91. The number of benzene rings is 2. The number of nitrogens with zero attached hydrogens (tertiary/aromatic N) is 3. The summed E-state index contributed by atoms with van der Waals surface area (Å²) >= 11 is 0. The van der Waals surface area contributed by atoms with E-state index in [-0.39, 0.29) is 17.5 Å². The van der Waals surface area contributed by atoms with Crippen molar-refractivity contribution in [3.8, 4) is 0 Å². The van der Waals surface area contributed by atoms with Crippen LogP contribution in [0.1, 0.15) is 25.0 Å². The number of nitrogens with one attached hydrogen (secondary N) is 1. The zero-order valence-corrected chi connectivity index (χ0v) is 20.0. The number of alkyl halides is 3. The number of hydrogen-bond donors (Lipinski definition) is 1. The van der Waals surface area contributed by atoms with Gasteiger partial charge in [-0.05, 0) is 35.9 Å². The van der Waals surface area contributed by atoms with Gasteiger partial charge in [0.05, 0.1) is 10.5 Å². The van der Waals surface area contributed by atoms with Crippen molar-refractivity contribution in [3.05, 3.63) is 59.7 Å². The van der Waals surface area contributed by atoms with Crippen molar-refractivity contribution < 1.29 is 26.4 Å². The number of piperazine rings is 1. The van der Waals surface area contributed by atoms with Gasteiger partial charge in [0.2, 0.25) is 10.0 Å². The molecule has 0 spiro atoms. The molecule has 0 saturated carbocycles. The fourth-order valence-corrected chi connectivity index (χ4v) is 5.29. The molecule has 2 amide bonds. The molecular formula is C23H29F3N4O3S. The van der Waals surface area contributed by atoms with Crippen molar-refractivity contribution in [1.29, 1.82) is 0 Å². The van der Waals surface area contributed by atoms with Crippen LogP contribution in [0, 0.1) is 0 Å². The summed E-state index contributed by atoms with van der Waals surface area (Å²) in [7, 11) is -3.53. The van der Waals surface area contributed by atoms with E-state index in [0.717, 1.165) is 17.7 Å². The van der Waals surface area contributed by atoms with E-state index in [1.54, 1.807) is 36.9 Å². The molecule has 0 unspecified atom stereocenters. The fraction of sp³-hybridized carbons (Fsp3) is 0.435. The van der Waals surface area contributed by atoms with Crippen LogP contribution in [0.4, 0.5) is 23.7 Å². The van der Waals surface area contributed by atoms with Gasteiger partial charge in [0.1, 0.15) is 0 Å². The molecule has 186 valence electrons. The number of rotatable bonds is 7. The van der Waals surface area contributed by atoms with Crippen LogP contribution in [0.15, 0.2) is 53.4 Å². The molecule has 34 heavy (non-hydrogen) atoms. The second kappa shape index (κ2) is 10.6. The van der Waals surface area contributed by atoms with Crippen LogP contribution in [-0.4, -0.2) is 62.9 Å². The van der Waals surface area contributed by atoms with E-state index in [2.05, 4.69) is 5.32 Å². The summed E-state index contributed by atoms with van der Waals surface area (Å²) < 4.78 is 65.4. The van der Waals surface area contributed by atoms with Crippen molar-refractivity contribution in [2.45, 2.75) is 31.5 Å².